The van der Waals surface area contributed by atoms with Gasteiger partial charge in [-0.2, -0.15) is 0 Å². The number of carbonyl (C=O) groups is 2. The van der Waals surface area contributed by atoms with Gasteiger partial charge >= 0.3 is 5.97 Å². The van der Waals surface area contributed by atoms with Crippen LogP contribution in [0.15, 0.2) is 54.6 Å². The number of hydrogen-bond donors (Lipinski definition) is 1. The molecule has 5 nitrogen and oxygen atoms in total. The van der Waals surface area contributed by atoms with Gasteiger partial charge in [0.2, 0.25) is 5.91 Å². The maximum Gasteiger partial charge on any atom is 0.306 e. The lowest BCUT2D eigenvalue weighted by molar-refractivity contribution is -0.141. The van der Waals surface area contributed by atoms with E-state index >= 15 is 0 Å². The van der Waals surface area contributed by atoms with Gasteiger partial charge in [0.15, 0.2) is 0 Å². The number of methoxy groups -OCH3 is 1. The fourth-order valence-corrected chi connectivity index (χ4v) is 2.88. The number of rotatable bonds is 8. The topological polar surface area (TPSA) is 58.6 Å². The van der Waals surface area contributed by atoms with Crippen molar-refractivity contribution in [2.24, 2.45) is 0 Å². The summed E-state index contributed by atoms with van der Waals surface area (Å²) in [6.45, 7) is 1.26. The highest BCUT2D eigenvalue weighted by atomic mass is 127. The molecule has 0 saturated carbocycles. The zero-order valence-corrected chi connectivity index (χ0v) is 16.2. The molecule has 1 amide bonds. The van der Waals surface area contributed by atoms with E-state index in [1.54, 1.807) is 0 Å². The third kappa shape index (κ3) is 6.83. The second-order valence-corrected chi connectivity index (χ2v) is 6.71. The molecule has 0 aliphatic carbocycles. The predicted octanol–water partition coefficient (Wildman–Crippen LogP) is 3.30. The van der Waals surface area contributed by atoms with Crippen molar-refractivity contribution in [3.63, 3.8) is 0 Å². The minimum Gasteiger partial charge on any atom is -0.469 e. The molecular weight excluding hydrogens is 431 g/mol. The van der Waals surface area contributed by atoms with Crippen LogP contribution in [0, 0.1) is 3.57 Å². The summed E-state index contributed by atoms with van der Waals surface area (Å²) < 4.78 is 5.68. The lowest BCUT2D eigenvalue weighted by Gasteiger charge is -2.21. The van der Waals surface area contributed by atoms with Gasteiger partial charge in [0.1, 0.15) is 0 Å². The molecule has 25 heavy (non-hydrogen) atoms. The molecule has 0 bridgehead atoms. The van der Waals surface area contributed by atoms with Crippen molar-refractivity contribution in [3.05, 3.63) is 63.7 Å². The van der Waals surface area contributed by atoms with Gasteiger partial charge < -0.3 is 10.1 Å². The van der Waals surface area contributed by atoms with Gasteiger partial charge in [0.05, 0.1) is 25.8 Å². The summed E-state index contributed by atoms with van der Waals surface area (Å²) in [6.07, 6.45) is 0.249. The van der Waals surface area contributed by atoms with Crippen molar-refractivity contribution in [3.8, 4) is 0 Å². The minimum absolute atomic E-state index is 0.107. The van der Waals surface area contributed by atoms with Gasteiger partial charge in [0, 0.05) is 16.7 Å². The van der Waals surface area contributed by atoms with Gasteiger partial charge in [-0.1, -0.05) is 42.5 Å². The molecule has 0 unspecified atom stereocenters. The smallest absolute Gasteiger partial charge is 0.306 e. The Morgan fingerprint density at radius 1 is 1.08 bits per heavy atom. The highest BCUT2D eigenvalue weighted by molar-refractivity contribution is 14.1. The van der Waals surface area contributed by atoms with Crippen molar-refractivity contribution >= 4 is 40.2 Å². The van der Waals surface area contributed by atoms with E-state index in [4.69, 9.17) is 4.74 Å². The van der Waals surface area contributed by atoms with Crippen molar-refractivity contribution in [2.45, 2.75) is 13.0 Å². The SMILES string of the molecule is COC(=O)CCN(CC(=O)Nc1ccccc1I)Cc1ccccc1. The minimum atomic E-state index is -0.281. The number of hydrogen-bond acceptors (Lipinski definition) is 4. The van der Waals surface area contributed by atoms with E-state index in [9.17, 15) is 9.59 Å². The van der Waals surface area contributed by atoms with E-state index in [2.05, 4.69) is 27.9 Å². The standard InChI is InChI=1S/C19H21IN2O3/c1-25-19(24)11-12-22(13-15-7-3-2-4-8-15)14-18(23)21-17-10-6-5-9-16(17)20/h2-10H,11-14H2,1H3,(H,21,23). The first kappa shape index (κ1) is 19.4. The number of para-hydroxylation sites is 1. The molecule has 0 aliphatic rings. The molecule has 0 saturated heterocycles. The molecule has 6 heteroatoms. The largest absolute Gasteiger partial charge is 0.469 e. The summed E-state index contributed by atoms with van der Waals surface area (Å²) >= 11 is 2.19. The monoisotopic (exact) mass is 452 g/mol. The molecule has 2 rings (SSSR count). The summed E-state index contributed by atoms with van der Waals surface area (Å²) in [5.41, 5.74) is 1.88. The first-order chi connectivity index (χ1) is 12.1. The second kappa shape index (κ2) is 10.1. The lowest BCUT2D eigenvalue weighted by atomic mass is 10.2. The third-order valence-electron chi connectivity index (χ3n) is 3.62. The highest BCUT2D eigenvalue weighted by Crippen LogP contribution is 2.17. The molecule has 0 atom stereocenters. The number of halogens is 1. The summed E-state index contributed by atoms with van der Waals surface area (Å²) in [6, 6.07) is 17.5. The summed E-state index contributed by atoms with van der Waals surface area (Å²) in [4.78, 5) is 25.8. The van der Waals surface area contributed by atoms with Crippen LogP contribution in [-0.2, 0) is 20.9 Å². The highest BCUT2D eigenvalue weighted by Gasteiger charge is 2.14. The molecule has 0 radical (unpaired) electrons. The van der Waals surface area contributed by atoms with Crippen LogP contribution in [0.5, 0.6) is 0 Å². The number of ether oxygens (including phenoxy) is 1. The van der Waals surface area contributed by atoms with Crippen LogP contribution in [-0.4, -0.2) is 37.0 Å². The summed E-state index contributed by atoms with van der Waals surface area (Å²) in [5.74, 6) is -0.388. The maximum absolute atomic E-state index is 12.4. The van der Waals surface area contributed by atoms with E-state index in [-0.39, 0.29) is 24.8 Å². The van der Waals surface area contributed by atoms with E-state index in [1.807, 2.05) is 59.5 Å². The van der Waals surface area contributed by atoms with Crippen molar-refractivity contribution < 1.29 is 14.3 Å². The van der Waals surface area contributed by atoms with Crippen LogP contribution in [0.25, 0.3) is 0 Å². The zero-order chi connectivity index (χ0) is 18.1. The van der Waals surface area contributed by atoms with Crippen molar-refractivity contribution in [2.75, 3.05) is 25.5 Å². The molecule has 2 aromatic carbocycles. The number of carbonyl (C=O) groups excluding carboxylic acids is 2. The fraction of sp³-hybridized carbons (Fsp3) is 0.263. The van der Waals surface area contributed by atoms with Gasteiger partial charge in [-0.25, -0.2) is 0 Å². The Hall–Kier alpha value is -1.93. The normalized spacial score (nSPS) is 10.5. The van der Waals surface area contributed by atoms with Crippen molar-refractivity contribution in [1.29, 1.82) is 0 Å². The Kier molecular flexibility index (Phi) is 7.87. The average molecular weight is 452 g/mol. The zero-order valence-electron chi connectivity index (χ0n) is 14.1. The molecular formula is C19H21IN2O3. The number of nitrogens with one attached hydrogen (secondary N) is 1. The molecule has 0 aliphatic heterocycles. The van der Waals surface area contributed by atoms with Gasteiger partial charge in [-0.3, -0.25) is 14.5 Å². The predicted molar refractivity (Wildman–Crippen MR) is 106 cm³/mol. The Labute approximate surface area is 161 Å². The first-order valence-corrected chi connectivity index (χ1v) is 9.04. The number of benzene rings is 2. The van der Waals surface area contributed by atoms with E-state index in [1.165, 1.54) is 7.11 Å². The number of esters is 1. The van der Waals surface area contributed by atoms with E-state index in [0.29, 0.717) is 13.1 Å². The summed E-state index contributed by atoms with van der Waals surface area (Å²) in [7, 11) is 1.37. The molecule has 0 heterocycles. The first-order valence-electron chi connectivity index (χ1n) is 7.96. The van der Waals surface area contributed by atoms with Gasteiger partial charge in [0.25, 0.3) is 0 Å². The number of amides is 1. The van der Waals surface area contributed by atoms with Gasteiger partial charge in [-0.05, 0) is 40.3 Å². The lowest BCUT2D eigenvalue weighted by Crippen LogP contribution is -2.34. The van der Waals surface area contributed by atoms with E-state index < -0.39 is 0 Å². The van der Waals surface area contributed by atoms with Crippen LogP contribution in [0.1, 0.15) is 12.0 Å². The molecule has 0 spiro atoms. The van der Waals surface area contributed by atoms with Crippen LogP contribution >= 0.6 is 22.6 Å². The number of anilines is 1. The van der Waals surface area contributed by atoms with Crippen molar-refractivity contribution in [1.82, 2.24) is 4.90 Å². The molecule has 0 aromatic heterocycles. The van der Waals surface area contributed by atoms with Crippen LogP contribution in [0.2, 0.25) is 0 Å². The average Bonchev–Trinajstić information content (AvgIpc) is 2.62. The third-order valence-corrected chi connectivity index (χ3v) is 4.56. The Morgan fingerprint density at radius 3 is 2.44 bits per heavy atom. The van der Waals surface area contributed by atoms with Crippen LogP contribution < -0.4 is 5.32 Å². The molecule has 0 fully saturated rings. The summed E-state index contributed by atoms with van der Waals surface area (Å²) in [5, 5.41) is 2.92. The van der Waals surface area contributed by atoms with Gasteiger partial charge in [-0.15, -0.1) is 0 Å². The molecule has 132 valence electrons. The molecule has 1 N–H and O–H groups in total. The fourth-order valence-electron chi connectivity index (χ4n) is 2.36. The Balaban J connectivity index is 1.99. The molecule has 2 aromatic rings. The van der Waals surface area contributed by atoms with E-state index in [0.717, 1.165) is 14.8 Å². The second-order valence-electron chi connectivity index (χ2n) is 5.55. The van der Waals surface area contributed by atoms with Crippen LogP contribution in [0.4, 0.5) is 5.69 Å². The Bertz CT molecular complexity index is 707. The number of nitrogens with zero attached hydrogens (tertiary/aromatic N) is 1. The van der Waals surface area contributed by atoms with Crippen LogP contribution in [0.3, 0.4) is 0 Å². The maximum atomic E-state index is 12.4. The Morgan fingerprint density at radius 2 is 1.76 bits per heavy atom. The quantitative estimate of drug-likeness (QED) is 0.494.